The van der Waals surface area contributed by atoms with E-state index in [1.807, 2.05) is 0 Å². The van der Waals surface area contributed by atoms with Crippen molar-refractivity contribution in [1.29, 1.82) is 0 Å². The smallest absolute Gasteiger partial charge is 0.305 e. The molecule has 0 aliphatic rings. The third-order valence-electron chi connectivity index (χ3n) is 5.24. The Bertz CT molecular complexity index is 300. The molecule has 0 saturated carbocycles. The number of esters is 1. The maximum Gasteiger partial charge on any atom is 0.305 e. The lowest BCUT2D eigenvalue weighted by Crippen LogP contribution is -2.19. The molecular formula is C23H47NO3. The van der Waals surface area contributed by atoms with Gasteiger partial charge in [-0.05, 0) is 31.7 Å². The maximum atomic E-state index is 11.9. The minimum Gasteiger partial charge on any atom is -0.466 e. The van der Waals surface area contributed by atoms with Crippen LogP contribution in [-0.4, -0.2) is 37.4 Å². The molecule has 0 saturated heterocycles. The summed E-state index contributed by atoms with van der Waals surface area (Å²) in [7, 11) is 0. The summed E-state index contributed by atoms with van der Waals surface area (Å²) in [5, 5.41) is 11.9. The Hall–Kier alpha value is -0.610. The topological polar surface area (TPSA) is 58.6 Å². The maximum absolute atomic E-state index is 11.9. The molecule has 0 bridgehead atoms. The lowest BCUT2D eigenvalue weighted by Gasteiger charge is -2.16. The lowest BCUT2D eigenvalue weighted by molar-refractivity contribution is -0.144. The van der Waals surface area contributed by atoms with E-state index < -0.39 is 0 Å². The molecule has 27 heavy (non-hydrogen) atoms. The predicted octanol–water partition coefficient (Wildman–Crippen LogP) is 5.62. The number of rotatable bonds is 21. The van der Waals surface area contributed by atoms with Crippen LogP contribution in [0.5, 0.6) is 0 Å². The van der Waals surface area contributed by atoms with Gasteiger partial charge in [-0.1, -0.05) is 84.5 Å². The Morgan fingerprint density at radius 2 is 1.44 bits per heavy atom. The average molecular weight is 386 g/mol. The Morgan fingerprint density at radius 1 is 0.815 bits per heavy atom. The number of aliphatic hydroxyl groups is 1. The molecule has 0 amide bonds. The zero-order valence-corrected chi connectivity index (χ0v) is 18.3. The summed E-state index contributed by atoms with van der Waals surface area (Å²) in [5.41, 5.74) is 0. The molecule has 0 aromatic carbocycles. The molecule has 0 aromatic heterocycles. The Morgan fingerprint density at radius 3 is 2.07 bits per heavy atom. The molecule has 0 fully saturated rings. The van der Waals surface area contributed by atoms with Gasteiger partial charge in [-0.15, -0.1) is 0 Å². The van der Waals surface area contributed by atoms with Gasteiger partial charge in [0.05, 0.1) is 13.2 Å². The van der Waals surface area contributed by atoms with Crippen molar-refractivity contribution in [2.24, 2.45) is 5.92 Å². The van der Waals surface area contributed by atoms with Gasteiger partial charge in [-0.25, -0.2) is 0 Å². The summed E-state index contributed by atoms with van der Waals surface area (Å²) in [6.45, 7) is 6.98. The van der Waals surface area contributed by atoms with Crippen molar-refractivity contribution in [1.82, 2.24) is 5.32 Å². The number of ether oxygens (including phenoxy) is 1. The van der Waals surface area contributed by atoms with Crippen molar-refractivity contribution in [3.05, 3.63) is 0 Å². The molecule has 0 radical (unpaired) electrons. The highest BCUT2D eigenvalue weighted by Crippen LogP contribution is 2.21. The third-order valence-corrected chi connectivity index (χ3v) is 5.24. The van der Waals surface area contributed by atoms with E-state index in [1.54, 1.807) is 0 Å². The molecule has 0 aromatic rings. The second-order valence-electron chi connectivity index (χ2n) is 7.86. The number of carbonyl (C=O) groups excluding carboxylic acids is 1. The monoisotopic (exact) mass is 385 g/mol. The zero-order chi connectivity index (χ0) is 20.0. The van der Waals surface area contributed by atoms with E-state index in [4.69, 9.17) is 9.84 Å². The highest BCUT2D eigenvalue weighted by Gasteiger charge is 2.10. The fraction of sp³-hybridized carbons (Fsp3) is 0.957. The summed E-state index contributed by atoms with van der Waals surface area (Å²) >= 11 is 0. The SMILES string of the molecule is CCCCCC(CCCCC)CCOC(=O)CCCCCCCNCCO. The molecule has 162 valence electrons. The van der Waals surface area contributed by atoms with Crippen LogP contribution in [0.25, 0.3) is 0 Å². The standard InChI is InChI=1S/C23H47NO3/c1-3-5-10-14-22(15-11-6-4-2)17-21-27-23(26)16-12-8-7-9-13-18-24-19-20-25/h22,24-25H,3-21H2,1-2H3. The molecule has 0 spiro atoms. The number of hydrogen-bond donors (Lipinski definition) is 2. The van der Waals surface area contributed by atoms with Crippen molar-refractivity contribution in [3.8, 4) is 0 Å². The van der Waals surface area contributed by atoms with Gasteiger partial charge < -0.3 is 15.2 Å². The number of carbonyl (C=O) groups is 1. The Balaban J connectivity index is 3.62. The minimum absolute atomic E-state index is 0.0134. The average Bonchev–Trinajstić information content (AvgIpc) is 2.66. The van der Waals surface area contributed by atoms with Gasteiger partial charge in [-0.3, -0.25) is 4.79 Å². The third kappa shape index (κ3) is 19.9. The number of hydrogen-bond acceptors (Lipinski definition) is 4. The van der Waals surface area contributed by atoms with Crippen LogP contribution in [0.3, 0.4) is 0 Å². The molecule has 0 aliphatic carbocycles. The van der Waals surface area contributed by atoms with E-state index in [9.17, 15) is 4.79 Å². The van der Waals surface area contributed by atoms with Crippen LogP contribution in [-0.2, 0) is 9.53 Å². The van der Waals surface area contributed by atoms with Crippen LogP contribution >= 0.6 is 0 Å². The largest absolute Gasteiger partial charge is 0.466 e. The van der Waals surface area contributed by atoms with Gasteiger partial charge in [0.1, 0.15) is 0 Å². The fourth-order valence-corrected chi connectivity index (χ4v) is 3.46. The molecule has 4 nitrogen and oxygen atoms in total. The van der Waals surface area contributed by atoms with Crippen LogP contribution in [0, 0.1) is 5.92 Å². The highest BCUT2D eigenvalue weighted by molar-refractivity contribution is 5.69. The highest BCUT2D eigenvalue weighted by atomic mass is 16.5. The first-order valence-corrected chi connectivity index (χ1v) is 11.7. The molecule has 2 N–H and O–H groups in total. The number of nitrogens with one attached hydrogen (secondary N) is 1. The zero-order valence-electron chi connectivity index (χ0n) is 18.3. The van der Waals surface area contributed by atoms with Crippen molar-refractivity contribution < 1.29 is 14.6 Å². The first-order valence-electron chi connectivity index (χ1n) is 11.7. The molecule has 4 heteroatoms. The molecular weight excluding hydrogens is 338 g/mol. The van der Waals surface area contributed by atoms with Gasteiger partial charge in [-0.2, -0.15) is 0 Å². The molecule has 0 heterocycles. The van der Waals surface area contributed by atoms with Gasteiger partial charge in [0.15, 0.2) is 0 Å². The summed E-state index contributed by atoms with van der Waals surface area (Å²) in [5.74, 6) is 0.718. The van der Waals surface area contributed by atoms with E-state index in [0.29, 0.717) is 19.6 Å². The van der Waals surface area contributed by atoms with Gasteiger partial charge in [0.2, 0.25) is 0 Å². The van der Waals surface area contributed by atoms with Crippen molar-refractivity contribution >= 4 is 5.97 Å². The van der Waals surface area contributed by atoms with Crippen LogP contribution < -0.4 is 5.32 Å². The summed E-state index contributed by atoms with van der Waals surface area (Å²) < 4.78 is 5.48. The van der Waals surface area contributed by atoms with Crippen molar-refractivity contribution in [2.45, 2.75) is 110 Å². The number of aliphatic hydroxyl groups excluding tert-OH is 1. The number of unbranched alkanes of at least 4 members (excludes halogenated alkanes) is 8. The van der Waals surface area contributed by atoms with Gasteiger partial charge >= 0.3 is 5.97 Å². The molecule has 0 unspecified atom stereocenters. The van der Waals surface area contributed by atoms with Crippen LogP contribution in [0.15, 0.2) is 0 Å². The first kappa shape index (κ1) is 26.4. The summed E-state index contributed by atoms with van der Waals surface area (Å²) in [6, 6.07) is 0. The van der Waals surface area contributed by atoms with Gasteiger partial charge in [0.25, 0.3) is 0 Å². The van der Waals surface area contributed by atoms with E-state index in [0.717, 1.165) is 38.1 Å². The lowest BCUT2D eigenvalue weighted by atomic mass is 9.92. The van der Waals surface area contributed by atoms with Crippen LogP contribution in [0.2, 0.25) is 0 Å². The summed E-state index contributed by atoms with van der Waals surface area (Å²) in [4.78, 5) is 11.9. The first-order chi connectivity index (χ1) is 13.2. The Kier molecular flexibility index (Phi) is 21.2. The minimum atomic E-state index is -0.0134. The van der Waals surface area contributed by atoms with E-state index >= 15 is 0 Å². The van der Waals surface area contributed by atoms with Crippen LogP contribution in [0.4, 0.5) is 0 Å². The van der Waals surface area contributed by atoms with Crippen molar-refractivity contribution in [3.63, 3.8) is 0 Å². The quantitative estimate of drug-likeness (QED) is 0.199. The normalized spacial score (nSPS) is 11.3. The summed E-state index contributed by atoms with van der Waals surface area (Å²) in [6.07, 6.45) is 17.6. The van der Waals surface area contributed by atoms with Crippen molar-refractivity contribution in [2.75, 3.05) is 26.3 Å². The molecule has 0 atom stereocenters. The van der Waals surface area contributed by atoms with E-state index in [2.05, 4.69) is 19.2 Å². The molecule has 0 rings (SSSR count). The predicted molar refractivity (Wildman–Crippen MR) is 115 cm³/mol. The fourth-order valence-electron chi connectivity index (χ4n) is 3.46. The van der Waals surface area contributed by atoms with E-state index in [1.165, 1.54) is 64.2 Å². The second-order valence-corrected chi connectivity index (χ2v) is 7.86. The molecule has 0 aliphatic heterocycles. The Labute approximate surface area is 168 Å². The van der Waals surface area contributed by atoms with E-state index in [-0.39, 0.29) is 12.6 Å². The van der Waals surface area contributed by atoms with Gasteiger partial charge in [0, 0.05) is 13.0 Å². The second kappa shape index (κ2) is 21.7. The van der Waals surface area contributed by atoms with Crippen LogP contribution in [0.1, 0.15) is 110 Å².